The van der Waals surface area contributed by atoms with Crippen molar-refractivity contribution >= 4 is 40.4 Å². The van der Waals surface area contributed by atoms with Crippen molar-refractivity contribution in [2.75, 3.05) is 42.5 Å². The molecule has 2 aliphatic rings. The van der Waals surface area contributed by atoms with Crippen LogP contribution in [0.3, 0.4) is 0 Å². The quantitative estimate of drug-likeness (QED) is 0.402. The van der Waals surface area contributed by atoms with Crippen LogP contribution in [0.4, 0.5) is 23.1 Å². The number of halogens is 1. The third-order valence-electron chi connectivity index (χ3n) is 6.10. The van der Waals surface area contributed by atoms with E-state index in [1.807, 2.05) is 0 Å². The third kappa shape index (κ3) is 4.93. The molecule has 5 rings (SSSR count). The van der Waals surface area contributed by atoms with Crippen molar-refractivity contribution in [3.8, 4) is 12.1 Å². The lowest BCUT2D eigenvalue weighted by Crippen LogP contribution is -2.46. The number of aromatic nitrogens is 4. The van der Waals surface area contributed by atoms with Crippen LogP contribution in [0.1, 0.15) is 36.9 Å². The largest absolute Gasteiger partial charge is 0.370 e. The highest BCUT2D eigenvalue weighted by atomic mass is 35.5. The number of piperidine rings is 1. The van der Waals surface area contributed by atoms with Crippen molar-refractivity contribution in [2.24, 2.45) is 0 Å². The van der Waals surface area contributed by atoms with E-state index in [0.29, 0.717) is 46.2 Å². The number of ether oxygens (including phenoxy) is 1. The van der Waals surface area contributed by atoms with Gasteiger partial charge in [0, 0.05) is 32.3 Å². The first-order valence-corrected chi connectivity index (χ1v) is 11.9. The molecule has 180 valence electrons. The number of imidazole rings is 1. The summed E-state index contributed by atoms with van der Waals surface area (Å²) in [6, 6.07) is 8.40. The molecule has 35 heavy (non-hydrogen) atoms. The first-order chi connectivity index (χ1) is 17.1. The van der Waals surface area contributed by atoms with E-state index >= 15 is 0 Å². The zero-order valence-electron chi connectivity index (χ0n) is 19.3. The lowest BCUT2D eigenvalue weighted by atomic mass is 10.0. The average molecular weight is 493 g/mol. The maximum Gasteiger partial charge on any atom is 0.247 e. The number of benzene rings is 1. The number of fused-ring (bicyclic) bond motifs is 1. The summed E-state index contributed by atoms with van der Waals surface area (Å²) < 4.78 is 6.61. The molecule has 11 nitrogen and oxygen atoms in total. The number of rotatable bonds is 8. The van der Waals surface area contributed by atoms with E-state index in [2.05, 4.69) is 48.1 Å². The van der Waals surface area contributed by atoms with Crippen molar-refractivity contribution < 1.29 is 4.74 Å². The smallest absolute Gasteiger partial charge is 0.247 e. The van der Waals surface area contributed by atoms with Crippen molar-refractivity contribution in [1.82, 2.24) is 24.9 Å². The van der Waals surface area contributed by atoms with Gasteiger partial charge in [0.25, 0.3) is 0 Å². The van der Waals surface area contributed by atoms with E-state index in [-0.39, 0.29) is 12.0 Å². The molecule has 0 bridgehead atoms. The first kappa shape index (κ1) is 23.1. The predicted octanol–water partition coefficient (Wildman–Crippen LogP) is 3.00. The molecule has 1 saturated carbocycles. The van der Waals surface area contributed by atoms with E-state index in [1.54, 1.807) is 19.2 Å². The van der Waals surface area contributed by atoms with Crippen LogP contribution in [0.15, 0.2) is 18.3 Å². The fraction of sp³-hybridized carbons (Fsp3) is 0.435. The maximum atomic E-state index is 9.68. The van der Waals surface area contributed by atoms with Gasteiger partial charge in [0.2, 0.25) is 5.95 Å². The van der Waals surface area contributed by atoms with E-state index in [4.69, 9.17) is 16.3 Å². The highest BCUT2D eigenvalue weighted by Crippen LogP contribution is 2.37. The number of anilines is 4. The fourth-order valence-electron chi connectivity index (χ4n) is 4.21. The van der Waals surface area contributed by atoms with E-state index in [0.717, 1.165) is 44.5 Å². The molecule has 12 heteroatoms. The van der Waals surface area contributed by atoms with Crippen LogP contribution in [0, 0.1) is 22.7 Å². The van der Waals surface area contributed by atoms with Crippen LogP contribution in [0.25, 0.3) is 5.65 Å². The van der Waals surface area contributed by atoms with E-state index in [9.17, 15) is 10.5 Å². The second-order valence-corrected chi connectivity index (χ2v) is 9.09. The molecule has 1 atom stereocenters. The Morgan fingerprint density at radius 3 is 2.80 bits per heavy atom. The molecule has 2 aromatic heterocycles. The van der Waals surface area contributed by atoms with Gasteiger partial charge in [-0.1, -0.05) is 11.6 Å². The topological polar surface area (TPSA) is 139 Å². The first-order valence-electron chi connectivity index (χ1n) is 11.5. The second-order valence-electron chi connectivity index (χ2n) is 8.71. The number of nitrogens with zero attached hydrogens (tertiary/aromatic N) is 7. The second kappa shape index (κ2) is 9.92. The number of methoxy groups -OCH3 is 1. The molecule has 2 fully saturated rings. The lowest BCUT2D eigenvalue weighted by molar-refractivity contribution is 0.159. The summed E-state index contributed by atoms with van der Waals surface area (Å²) >= 11 is 6.86. The zero-order valence-corrected chi connectivity index (χ0v) is 20.0. The maximum absolute atomic E-state index is 9.68. The van der Waals surface area contributed by atoms with Gasteiger partial charge in [-0.2, -0.15) is 20.0 Å². The Morgan fingerprint density at radius 1 is 1.20 bits per heavy atom. The van der Waals surface area contributed by atoms with Crippen molar-refractivity contribution in [1.29, 1.82) is 10.5 Å². The molecular weight excluding hydrogens is 468 g/mol. The van der Waals surface area contributed by atoms with Gasteiger partial charge in [-0.15, -0.1) is 5.10 Å². The van der Waals surface area contributed by atoms with Crippen molar-refractivity contribution in [3.63, 3.8) is 0 Å². The van der Waals surface area contributed by atoms with Crippen LogP contribution in [0.2, 0.25) is 5.02 Å². The molecule has 1 aliphatic carbocycles. The Balaban J connectivity index is 1.49. The summed E-state index contributed by atoms with van der Waals surface area (Å²) in [6.45, 7) is 2.06. The monoisotopic (exact) mass is 492 g/mol. The van der Waals surface area contributed by atoms with Crippen LogP contribution in [0.5, 0.6) is 0 Å². The van der Waals surface area contributed by atoms with Gasteiger partial charge >= 0.3 is 0 Å². The van der Waals surface area contributed by atoms with Gasteiger partial charge in [-0.05, 0) is 37.8 Å². The van der Waals surface area contributed by atoms with E-state index in [1.165, 1.54) is 10.7 Å². The lowest BCUT2D eigenvalue weighted by Gasteiger charge is -2.35. The third-order valence-corrected chi connectivity index (χ3v) is 6.50. The molecule has 1 aliphatic heterocycles. The Kier molecular flexibility index (Phi) is 6.55. The molecule has 0 radical (unpaired) electrons. The minimum Gasteiger partial charge on any atom is -0.370 e. The summed E-state index contributed by atoms with van der Waals surface area (Å²) in [4.78, 5) is 11.1. The standard InChI is InChI=1S/C23H25ClN10O/c1-35-13-28-16-3-2-6-33(12-16)19-8-14(9-25)7-18(20(19)24)30-23-31-21(29-15-4-5-15)22-27-11-17(10-26)34(22)32-23/h7-8,11,15-16,28H,2-6,12-13H2,1H3,(H2,29,30,31,32)/t16-/m1/s1. The van der Waals surface area contributed by atoms with Crippen LogP contribution in [-0.4, -0.2) is 58.6 Å². The molecular formula is C23H25ClN10O. The van der Waals surface area contributed by atoms with Gasteiger partial charge in [-0.3, -0.25) is 5.32 Å². The summed E-state index contributed by atoms with van der Waals surface area (Å²) in [5.74, 6) is 0.791. The molecule has 0 amide bonds. The molecule has 3 N–H and O–H groups in total. The molecule has 3 heterocycles. The summed E-state index contributed by atoms with van der Waals surface area (Å²) in [6.07, 6.45) is 5.61. The minimum absolute atomic E-state index is 0.247. The van der Waals surface area contributed by atoms with Gasteiger partial charge in [0.1, 0.15) is 6.07 Å². The Bertz CT molecular complexity index is 1320. The minimum atomic E-state index is 0.247. The summed E-state index contributed by atoms with van der Waals surface area (Å²) in [5.41, 5.74) is 2.54. The Hall–Kier alpha value is -3.64. The van der Waals surface area contributed by atoms with Gasteiger partial charge in [0.05, 0.1) is 41.0 Å². The summed E-state index contributed by atoms with van der Waals surface area (Å²) in [7, 11) is 1.66. The van der Waals surface area contributed by atoms with Gasteiger partial charge in [-0.25, -0.2) is 4.98 Å². The summed E-state index contributed by atoms with van der Waals surface area (Å²) in [5, 5.41) is 34.0. The average Bonchev–Trinajstić information content (AvgIpc) is 3.60. The molecule has 3 aromatic rings. The van der Waals surface area contributed by atoms with Crippen molar-refractivity contribution in [3.05, 3.63) is 34.6 Å². The normalized spacial score (nSPS) is 17.7. The number of nitrogens with one attached hydrogen (secondary N) is 3. The number of hydrogen-bond acceptors (Lipinski definition) is 10. The van der Waals surface area contributed by atoms with Crippen LogP contribution in [-0.2, 0) is 4.74 Å². The molecule has 1 saturated heterocycles. The van der Waals surface area contributed by atoms with Gasteiger partial charge < -0.3 is 20.3 Å². The number of nitriles is 2. The van der Waals surface area contributed by atoms with Crippen molar-refractivity contribution in [2.45, 2.75) is 37.8 Å². The highest BCUT2D eigenvalue weighted by Gasteiger charge is 2.26. The molecule has 0 spiro atoms. The van der Waals surface area contributed by atoms with Crippen LogP contribution < -0.4 is 20.9 Å². The number of hydrogen-bond donors (Lipinski definition) is 3. The Morgan fingerprint density at radius 2 is 2.06 bits per heavy atom. The molecule has 1 aromatic carbocycles. The van der Waals surface area contributed by atoms with E-state index < -0.39 is 0 Å². The fourth-order valence-corrected chi connectivity index (χ4v) is 4.48. The highest BCUT2D eigenvalue weighted by molar-refractivity contribution is 6.36. The van der Waals surface area contributed by atoms with Crippen LogP contribution >= 0.6 is 11.6 Å². The SMILES string of the molecule is COCN[C@@H]1CCCN(c2cc(C#N)cc(Nc3nc(NC4CC4)c4ncc(C#N)n4n3)c2Cl)C1. The van der Waals surface area contributed by atoms with Gasteiger partial charge in [0.15, 0.2) is 17.2 Å². The zero-order chi connectivity index (χ0) is 24.4. The molecule has 0 unspecified atom stereocenters. The Labute approximate surface area is 207 Å². The predicted molar refractivity (Wildman–Crippen MR) is 132 cm³/mol.